The van der Waals surface area contributed by atoms with Crippen LogP contribution in [-0.2, 0) is 0 Å². The van der Waals surface area contributed by atoms with Crippen molar-refractivity contribution in [2.75, 3.05) is 32.5 Å². The van der Waals surface area contributed by atoms with Crippen molar-refractivity contribution in [1.29, 1.82) is 0 Å². The maximum absolute atomic E-state index is 12.0. The van der Waals surface area contributed by atoms with Crippen LogP contribution in [0.25, 0.3) is 0 Å². The highest BCUT2D eigenvalue weighted by Crippen LogP contribution is 2.22. The number of anilines is 2. The van der Waals surface area contributed by atoms with E-state index in [9.17, 15) is 4.79 Å². The first-order valence-corrected chi connectivity index (χ1v) is 8.25. The van der Waals surface area contributed by atoms with Crippen LogP contribution in [0.1, 0.15) is 22.5 Å². The zero-order chi connectivity index (χ0) is 17.5. The Labute approximate surface area is 148 Å². The van der Waals surface area contributed by atoms with Gasteiger partial charge in [0.05, 0.1) is 11.9 Å². The molecule has 1 aromatic carbocycles. The van der Waals surface area contributed by atoms with Gasteiger partial charge < -0.3 is 15.5 Å². The smallest absolute Gasteiger partial charge is 0.269 e. The summed E-state index contributed by atoms with van der Waals surface area (Å²) < 4.78 is 0. The number of hydrogen-bond acceptors (Lipinski definition) is 4. The molecule has 0 saturated heterocycles. The molecule has 1 amide bonds. The zero-order valence-corrected chi connectivity index (χ0v) is 15.0. The van der Waals surface area contributed by atoms with Gasteiger partial charge in [-0.2, -0.15) is 0 Å². The van der Waals surface area contributed by atoms with Crippen molar-refractivity contribution < 1.29 is 4.79 Å². The third kappa shape index (κ3) is 5.51. The van der Waals surface area contributed by atoms with Gasteiger partial charge >= 0.3 is 0 Å². The second-order valence-electron chi connectivity index (χ2n) is 5.93. The van der Waals surface area contributed by atoms with Gasteiger partial charge in [0.15, 0.2) is 0 Å². The lowest BCUT2D eigenvalue weighted by Crippen LogP contribution is -2.27. The largest absolute Gasteiger partial charge is 0.354 e. The molecule has 24 heavy (non-hydrogen) atoms. The molecule has 0 saturated carbocycles. The molecule has 0 bridgehead atoms. The maximum atomic E-state index is 12.0. The molecule has 0 fully saturated rings. The summed E-state index contributed by atoms with van der Waals surface area (Å²) in [7, 11) is 4.02. The molecular weight excluding hydrogens is 324 g/mol. The number of nitrogens with zero attached hydrogens (tertiary/aromatic N) is 2. The minimum Gasteiger partial charge on any atom is -0.354 e. The Morgan fingerprint density at radius 1 is 1.21 bits per heavy atom. The fraction of sp³-hybridized carbons (Fsp3) is 0.333. The molecular formula is C18H23ClN4O. The predicted octanol–water partition coefficient (Wildman–Crippen LogP) is 3.47. The molecule has 0 radical (unpaired) electrons. The Hall–Kier alpha value is -2.11. The van der Waals surface area contributed by atoms with Gasteiger partial charge in [0.25, 0.3) is 5.91 Å². The van der Waals surface area contributed by atoms with E-state index in [1.54, 1.807) is 12.3 Å². The maximum Gasteiger partial charge on any atom is 0.269 e. The molecule has 2 rings (SSSR count). The van der Waals surface area contributed by atoms with Crippen molar-refractivity contribution in [2.24, 2.45) is 0 Å². The molecule has 0 atom stereocenters. The highest BCUT2D eigenvalue weighted by molar-refractivity contribution is 6.31. The Kier molecular flexibility index (Phi) is 6.58. The quantitative estimate of drug-likeness (QED) is 0.754. The topological polar surface area (TPSA) is 57.3 Å². The molecule has 2 N–H and O–H groups in total. The van der Waals surface area contributed by atoms with Crippen LogP contribution in [0.5, 0.6) is 0 Å². The van der Waals surface area contributed by atoms with Gasteiger partial charge in [-0.15, -0.1) is 0 Å². The van der Waals surface area contributed by atoms with E-state index in [1.165, 1.54) is 0 Å². The van der Waals surface area contributed by atoms with Crippen molar-refractivity contribution in [1.82, 2.24) is 15.2 Å². The van der Waals surface area contributed by atoms with Crippen molar-refractivity contribution in [3.63, 3.8) is 0 Å². The summed E-state index contributed by atoms with van der Waals surface area (Å²) in [5.74, 6) is -0.154. The lowest BCUT2D eigenvalue weighted by Gasteiger charge is -2.10. The molecule has 6 heteroatoms. The van der Waals surface area contributed by atoms with E-state index in [4.69, 9.17) is 11.6 Å². The van der Waals surface area contributed by atoms with Gasteiger partial charge in [-0.25, -0.2) is 4.98 Å². The summed E-state index contributed by atoms with van der Waals surface area (Å²) in [4.78, 5) is 18.3. The lowest BCUT2D eigenvalue weighted by molar-refractivity contribution is 0.0947. The van der Waals surface area contributed by atoms with Gasteiger partial charge in [-0.3, -0.25) is 4.79 Å². The average Bonchev–Trinajstić information content (AvgIpc) is 2.55. The number of hydrogen-bond donors (Lipinski definition) is 2. The number of benzene rings is 1. The van der Waals surface area contributed by atoms with Gasteiger partial charge in [-0.05, 0) is 63.8 Å². The minimum absolute atomic E-state index is 0.154. The summed E-state index contributed by atoms with van der Waals surface area (Å²) >= 11 is 6.12. The summed E-state index contributed by atoms with van der Waals surface area (Å²) in [6.45, 7) is 3.54. The fourth-order valence-electron chi connectivity index (χ4n) is 2.13. The number of carbonyl (C=O) groups excluding carboxylic acids is 1. The number of nitrogens with one attached hydrogen (secondary N) is 2. The number of carbonyl (C=O) groups is 1. The van der Waals surface area contributed by atoms with Gasteiger partial charge in [0.2, 0.25) is 0 Å². The van der Waals surface area contributed by atoms with Gasteiger partial charge in [0, 0.05) is 17.3 Å². The zero-order valence-electron chi connectivity index (χ0n) is 14.3. The highest BCUT2D eigenvalue weighted by Gasteiger charge is 2.07. The highest BCUT2D eigenvalue weighted by atomic mass is 35.5. The molecule has 0 unspecified atom stereocenters. The average molecular weight is 347 g/mol. The van der Waals surface area contributed by atoms with E-state index >= 15 is 0 Å². The minimum atomic E-state index is -0.154. The van der Waals surface area contributed by atoms with Gasteiger partial charge in [0.1, 0.15) is 5.69 Å². The Balaban J connectivity index is 1.90. The van der Waals surface area contributed by atoms with E-state index in [-0.39, 0.29) is 5.91 Å². The van der Waals surface area contributed by atoms with Crippen LogP contribution >= 0.6 is 11.6 Å². The Bertz CT molecular complexity index is 686. The summed E-state index contributed by atoms with van der Waals surface area (Å²) in [5, 5.41) is 6.80. The molecule has 0 aliphatic heterocycles. The second kappa shape index (κ2) is 8.66. The van der Waals surface area contributed by atoms with E-state index < -0.39 is 0 Å². The molecule has 0 aliphatic carbocycles. The third-order valence-corrected chi connectivity index (χ3v) is 3.93. The number of rotatable bonds is 7. The molecule has 0 aliphatic rings. The van der Waals surface area contributed by atoms with Crippen LogP contribution < -0.4 is 10.6 Å². The Morgan fingerprint density at radius 3 is 2.58 bits per heavy atom. The first kappa shape index (κ1) is 18.2. The number of aromatic nitrogens is 1. The van der Waals surface area contributed by atoms with Crippen molar-refractivity contribution >= 4 is 28.9 Å². The number of aryl methyl sites for hydroxylation is 1. The predicted molar refractivity (Wildman–Crippen MR) is 99.2 cm³/mol. The first-order chi connectivity index (χ1) is 11.5. The lowest BCUT2D eigenvalue weighted by atomic mass is 10.2. The van der Waals surface area contributed by atoms with Crippen LogP contribution in [0, 0.1) is 6.92 Å². The fourth-order valence-corrected chi connectivity index (χ4v) is 2.31. The molecule has 1 aromatic heterocycles. The second-order valence-corrected chi connectivity index (χ2v) is 6.34. The number of halogens is 1. The van der Waals surface area contributed by atoms with Crippen molar-refractivity contribution in [3.8, 4) is 0 Å². The molecule has 0 spiro atoms. The molecule has 2 aromatic rings. The normalized spacial score (nSPS) is 10.7. The first-order valence-electron chi connectivity index (χ1n) is 7.88. The standard InChI is InChI=1S/C18H23ClN4O/c1-13-5-6-14(11-16(13)19)22-15-7-8-17(21-12-15)18(24)20-9-4-10-23(2)3/h5-8,11-12,22H,4,9-10H2,1-3H3,(H,20,24). The van der Waals surface area contributed by atoms with E-state index in [0.717, 1.165) is 29.9 Å². The molecule has 128 valence electrons. The van der Waals surface area contributed by atoms with Crippen molar-refractivity contribution in [2.45, 2.75) is 13.3 Å². The summed E-state index contributed by atoms with van der Waals surface area (Å²) in [5.41, 5.74) is 3.13. The summed E-state index contributed by atoms with van der Waals surface area (Å²) in [6.07, 6.45) is 2.55. The third-order valence-electron chi connectivity index (χ3n) is 3.52. The number of pyridine rings is 1. The van der Waals surface area contributed by atoms with Crippen LogP contribution in [-0.4, -0.2) is 43.0 Å². The Morgan fingerprint density at radius 2 is 1.96 bits per heavy atom. The van der Waals surface area contributed by atoms with Crippen LogP contribution in [0.4, 0.5) is 11.4 Å². The van der Waals surface area contributed by atoms with Crippen LogP contribution in [0.2, 0.25) is 5.02 Å². The summed E-state index contributed by atoms with van der Waals surface area (Å²) in [6, 6.07) is 9.30. The van der Waals surface area contributed by atoms with E-state index in [1.807, 2.05) is 45.3 Å². The van der Waals surface area contributed by atoms with Crippen LogP contribution in [0.15, 0.2) is 36.5 Å². The number of amides is 1. The van der Waals surface area contributed by atoms with E-state index in [2.05, 4.69) is 20.5 Å². The van der Waals surface area contributed by atoms with Crippen LogP contribution in [0.3, 0.4) is 0 Å². The SMILES string of the molecule is Cc1ccc(Nc2ccc(C(=O)NCCCN(C)C)nc2)cc1Cl. The monoisotopic (exact) mass is 346 g/mol. The molecule has 5 nitrogen and oxygen atoms in total. The van der Waals surface area contributed by atoms with E-state index in [0.29, 0.717) is 17.3 Å². The molecule has 1 heterocycles. The van der Waals surface area contributed by atoms with Gasteiger partial charge in [-0.1, -0.05) is 17.7 Å². The van der Waals surface area contributed by atoms with Crippen molar-refractivity contribution in [3.05, 3.63) is 52.8 Å².